The number of rotatable bonds is 6. The molecule has 2 heterocycles. The number of benzene rings is 1. The number of sulfonamides is 1. The third kappa shape index (κ3) is 5.05. The molecule has 6 nitrogen and oxygen atoms in total. The van der Waals surface area contributed by atoms with Gasteiger partial charge in [0.1, 0.15) is 10.0 Å². The number of hydrogen-bond donors (Lipinski definition) is 1. The van der Waals surface area contributed by atoms with Gasteiger partial charge < -0.3 is 4.90 Å². The van der Waals surface area contributed by atoms with E-state index in [9.17, 15) is 17.6 Å². The zero-order valence-electron chi connectivity index (χ0n) is 14.4. The van der Waals surface area contributed by atoms with E-state index in [1.807, 2.05) is 4.90 Å². The first-order valence-electron chi connectivity index (χ1n) is 8.33. The molecule has 1 aromatic heterocycles. The Morgan fingerprint density at radius 3 is 2.56 bits per heavy atom. The van der Waals surface area contributed by atoms with Gasteiger partial charge in [0.2, 0.25) is 5.91 Å². The van der Waals surface area contributed by atoms with Gasteiger partial charge in [0.05, 0.1) is 6.54 Å². The molecule has 146 valence electrons. The maximum Gasteiger partial charge on any atom is 0.250 e. The molecule has 0 saturated carbocycles. The van der Waals surface area contributed by atoms with Crippen LogP contribution in [-0.2, 0) is 21.4 Å². The van der Waals surface area contributed by atoms with Gasteiger partial charge in [-0.25, -0.2) is 17.5 Å². The summed E-state index contributed by atoms with van der Waals surface area (Å²) in [5.74, 6) is -0.623. The Morgan fingerprint density at radius 2 is 1.93 bits per heavy atom. The summed E-state index contributed by atoms with van der Waals surface area (Å²) < 4.78 is 40.6. The van der Waals surface area contributed by atoms with Crippen molar-refractivity contribution in [3.8, 4) is 0 Å². The van der Waals surface area contributed by atoms with E-state index in [0.29, 0.717) is 43.3 Å². The van der Waals surface area contributed by atoms with Gasteiger partial charge in [-0.15, -0.1) is 11.3 Å². The lowest BCUT2D eigenvalue weighted by molar-refractivity contribution is -0.131. The molecule has 0 aliphatic carbocycles. The Balaban J connectivity index is 1.49. The van der Waals surface area contributed by atoms with Crippen molar-refractivity contribution in [3.63, 3.8) is 0 Å². The Hall–Kier alpha value is -1.52. The van der Waals surface area contributed by atoms with Crippen molar-refractivity contribution in [2.75, 3.05) is 32.7 Å². The van der Waals surface area contributed by atoms with Crippen LogP contribution in [0.25, 0.3) is 0 Å². The third-order valence-electron chi connectivity index (χ3n) is 4.34. The minimum absolute atomic E-state index is 0.182. The van der Waals surface area contributed by atoms with Crippen molar-refractivity contribution in [1.82, 2.24) is 14.5 Å². The van der Waals surface area contributed by atoms with Crippen LogP contribution in [0.3, 0.4) is 0 Å². The van der Waals surface area contributed by atoms with E-state index in [1.54, 1.807) is 28.5 Å². The summed E-state index contributed by atoms with van der Waals surface area (Å²) in [7, 11) is -3.66. The van der Waals surface area contributed by atoms with Crippen molar-refractivity contribution in [2.45, 2.75) is 10.8 Å². The second-order valence-electron chi connectivity index (χ2n) is 6.11. The molecule has 1 aliphatic heterocycles. The zero-order valence-corrected chi connectivity index (χ0v) is 16.8. The average molecular weight is 432 g/mol. The molecule has 1 aliphatic rings. The fourth-order valence-electron chi connectivity index (χ4n) is 2.82. The number of amides is 1. The number of hydrogen-bond acceptors (Lipinski definition) is 5. The Bertz CT molecular complexity index is 878. The summed E-state index contributed by atoms with van der Waals surface area (Å²) in [6.07, 6.45) is 0. The number of carbonyl (C=O) groups is 1. The maximum absolute atomic E-state index is 13.9. The Kier molecular flexibility index (Phi) is 6.48. The molecule has 1 N–H and O–H groups in total. The highest BCUT2D eigenvalue weighted by Crippen LogP contribution is 2.21. The molecule has 1 amide bonds. The maximum atomic E-state index is 13.9. The molecule has 3 rings (SSSR count). The third-order valence-corrected chi connectivity index (χ3v) is 7.49. The van der Waals surface area contributed by atoms with E-state index < -0.39 is 10.0 Å². The number of nitrogens with zero attached hydrogens (tertiary/aromatic N) is 2. The molecule has 1 aromatic carbocycles. The quantitative estimate of drug-likeness (QED) is 0.761. The molecule has 0 spiro atoms. The molecule has 1 fully saturated rings. The van der Waals surface area contributed by atoms with E-state index >= 15 is 0 Å². The summed E-state index contributed by atoms with van der Waals surface area (Å²) in [5, 5.41) is 2.05. The summed E-state index contributed by atoms with van der Waals surface area (Å²) >= 11 is 7.16. The fraction of sp³-hybridized carbons (Fsp3) is 0.353. The Labute approximate surface area is 166 Å². The van der Waals surface area contributed by atoms with E-state index in [-0.39, 0.29) is 22.5 Å². The smallest absolute Gasteiger partial charge is 0.250 e. The van der Waals surface area contributed by atoms with Crippen LogP contribution < -0.4 is 4.72 Å². The van der Waals surface area contributed by atoms with Crippen LogP contribution in [0.1, 0.15) is 5.56 Å². The molecule has 0 atom stereocenters. The molecule has 10 heteroatoms. The minimum Gasteiger partial charge on any atom is -0.339 e. The summed E-state index contributed by atoms with van der Waals surface area (Å²) in [6, 6.07) is 7.72. The molecule has 1 saturated heterocycles. The van der Waals surface area contributed by atoms with Crippen molar-refractivity contribution >= 4 is 38.9 Å². The first-order valence-corrected chi connectivity index (χ1v) is 11.1. The van der Waals surface area contributed by atoms with E-state index in [1.165, 1.54) is 12.1 Å². The highest BCUT2D eigenvalue weighted by molar-refractivity contribution is 7.91. The fourth-order valence-corrected chi connectivity index (χ4v) is 5.05. The van der Waals surface area contributed by atoms with Gasteiger partial charge in [-0.3, -0.25) is 9.69 Å². The second kappa shape index (κ2) is 8.66. The standard InChI is InChI=1S/C17H19ClFN3O3S2/c18-14-3-1-4-15(19)13(14)12-21-6-8-22(9-7-21)16(23)11-20-27(24,25)17-5-2-10-26-17/h1-5,10,20H,6-9,11-12H2. The topological polar surface area (TPSA) is 69.7 Å². The van der Waals surface area contributed by atoms with E-state index in [4.69, 9.17) is 11.6 Å². The predicted octanol–water partition coefficient (Wildman–Crippen LogP) is 2.16. The highest BCUT2D eigenvalue weighted by atomic mass is 35.5. The van der Waals surface area contributed by atoms with Gasteiger partial charge in [-0.05, 0) is 23.6 Å². The first-order chi connectivity index (χ1) is 12.9. The first kappa shape index (κ1) is 20.2. The summed E-state index contributed by atoms with van der Waals surface area (Å²) in [4.78, 5) is 15.9. The summed E-state index contributed by atoms with van der Waals surface area (Å²) in [6.45, 7) is 2.12. The number of piperazine rings is 1. The molecule has 27 heavy (non-hydrogen) atoms. The van der Waals surface area contributed by atoms with E-state index in [2.05, 4.69) is 4.72 Å². The molecular weight excluding hydrogens is 413 g/mol. The monoisotopic (exact) mass is 431 g/mol. The second-order valence-corrected chi connectivity index (χ2v) is 9.46. The normalized spacial score (nSPS) is 15.9. The lowest BCUT2D eigenvalue weighted by atomic mass is 10.2. The van der Waals surface area contributed by atoms with Crippen molar-refractivity contribution in [3.05, 3.63) is 52.1 Å². The van der Waals surface area contributed by atoms with Crippen molar-refractivity contribution < 1.29 is 17.6 Å². The number of thiophene rings is 1. The van der Waals surface area contributed by atoms with Gasteiger partial charge in [0.15, 0.2) is 0 Å². The van der Waals surface area contributed by atoms with Crippen LogP contribution in [-0.4, -0.2) is 56.8 Å². The average Bonchev–Trinajstić information content (AvgIpc) is 3.19. The molecule has 0 unspecified atom stereocenters. The molecule has 0 radical (unpaired) electrons. The van der Waals surface area contributed by atoms with Crippen LogP contribution >= 0.6 is 22.9 Å². The lowest BCUT2D eigenvalue weighted by Gasteiger charge is -2.35. The molecule has 2 aromatic rings. The lowest BCUT2D eigenvalue weighted by Crippen LogP contribution is -2.50. The molecule has 0 bridgehead atoms. The number of nitrogens with one attached hydrogen (secondary N) is 1. The van der Waals surface area contributed by atoms with Gasteiger partial charge in [0.25, 0.3) is 10.0 Å². The molecular formula is C17H19ClFN3O3S2. The van der Waals surface area contributed by atoms with Crippen LogP contribution in [0.4, 0.5) is 4.39 Å². The number of carbonyl (C=O) groups excluding carboxylic acids is 1. The zero-order chi connectivity index (χ0) is 19.4. The van der Waals surface area contributed by atoms with Gasteiger partial charge in [-0.2, -0.15) is 0 Å². The van der Waals surface area contributed by atoms with E-state index in [0.717, 1.165) is 11.3 Å². The SMILES string of the molecule is O=C(CNS(=O)(=O)c1cccs1)N1CCN(Cc2c(F)cccc2Cl)CC1. The minimum atomic E-state index is -3.66. The highest BCUT2D eigenvalue weighted by Gasteiger charge is 2.24. The predicted molar refractivity (Wildman–Crippen MR) is 103 cm³/mol. The van der Waals surface area contributed by atoms with Crippen LogP contribution in [0, 0.1) is 5.82 Å². The van der Waals surface area contributed by atoms with Gasteiger partial charge in [0, 0.05) is 43.3 Å². The van der Waals surface area contributed by atoms with Crippen LogP contribution in [0.2, 0.25) is 5.02 Å². The van der Waals surface area contributed by atoms with Crippen molar-refractivity contribution in [2.24, 2.45) is 0 Å². The van der Waals surface area contributed by atoms with Gasteiger partial charge >= 0.3 is 0 Å². The van der Waals surface area contributed by atoms with Gasteiger partial charge in [-0.1, -0.05) is 23.7 Å². The van der Waals surface area contributed by atoms with Crippen molar-refractivity contribution in [1.29, 1.82) is 0 Å². The largest absolute Gasteiger partial charge is 0.339 e. The Morgan fingerprint density at radius 1 is 1.19 bits per heavy atom. The summed E-state index contributed by atoms with van der Waals surface area (Å²) in [5.41, 5.74) is 0.447. The van der Waals surface area contributed by atoms with Crippen LogP contribution in [0.5, 0.6) is 0 Å². The van der Waals surface area contributed by atoms with Crippen LogP contribution in [0.15, 0.2) is 39.9 Å². The number of halogens is 2.